The van der Waals surface area contributed by atoms with Crippen LogP contribution in [-0.4, -0.2) is 22.4 Å². The highest BCUT2D eigenvalue weighted by Crippen LogP contribution is 2.35. The summed E-state index contributed by atoms with van der Waals surface area (Å²) >= 11 is 0. The average Bonchev–Trinajstić information content (AvgIpc) is 2.51. The molecule has 0 bridgehead atoms. The fraction of sp³-hybridized carbons (Fsp3) is 0.353. The smallest absolute Gasteiger partial charge is 0.350 e. The van der Waals surface area contributed by atoms with Gasteiger partial charge in [0.05, 0.1) is 11.3 Å². The Morgan fingerprint density at radius 1 is 1.20 bits per heavy atom. The van der Waals surface area contributed by atoms with Gasteiger partial charge in [-0.2, -0.15) is 13.2 Å². The van der Waals surface area contributed by atoms with Gasteiger partial charge in [-0.3, -0.25) is 4.79 Å². The standard InChI is InChI=1S/C17H19F3N4O/c1-10(2)9-21-16(25)14-8-15(23-11(3)22-14)24-13-7-5-4-6-12(13)17(18,19)20/h4-8,10H,9H2,1-3H3,(H,21,25)(H,22,23,24). The number of para-hydroxylation sites is 1. The third kappa shape index (κ3) is 5.17. The number of rotatable bonds is 5. The lowest BCUT2D eigenvalue weighted by Gasteiger charge is -2.14. The Kier molecular flexibility index (Phi) is 5.61. The van der Waals surface area contributed by atoms with Crippen molar-refractivity contribution in [3.63, 3.8) is 0 Å². The van der Waals surface area contributed by atoms with Gasteiger partial charge in [0, 0.05) is 12.6 Å². The molecule has 0 atom stereocenters. The fourth-order valence-electron chi connectivity index (χ4n) is 2.11. The molecule has 2 N–H and O–H groups in total. The SMILES string of the molecule is Cc1nc(Nc2ccccc2C(F)(F)F)cc(C(=O)NCC(C)C)n1. The summed E-state index contributed by atoms with van der Waals surface area (Å²) in [6.45, 7) is 5.95. The minimum Gasteiger partial charge on any atom is -0.350 e. The molecule has 25 heavy (non-hydrogen) atoms. The first-order valence-electron chi connectivity index (χ1n) is 7.74. The molecule has 0 spiro atoms. The van der Waals surface area contributed by atoms with Crippen molar-refractivity contribution in [2.45, 2.75) is 26.9 Å². The zero-order valence-corrected chi connectivity index (χ0v) is 14.1. The predicted molar refractivity (Wildman–Crippen MR) is 88.7 cm³/mol. The molecule has 134 valence electrons. The third-order valence-corrected chi connectivity index (χ3v) is 3.24. The number of benzene rings is 1. The monoisotopic (exact) mass is 352 g/mol. The Bertz CT molecular complexity index is 760. The van der Waals surface area contributed by atoms with Crippen molar-refractivity contribution in [1.82, 2.24) is 15.3 Å². The molecule has 1 aromatic carbocycles. The van der Waals surface area contributed by atoms with E-state index in [9.17, 15) is 18.0 Å². The number of aromatic nitrogens is 2. The number of hydrogen-bond acceptors (Lipinski definition) is 4. The lowest BCUT2D eigenvalue weighted by molar-refractivity contribution is -0.136. The second-order valence-electron chi connectivity index (χ2n) is 5.96. The Hall–Kier alpha value is -2.64. The Balaban J connectivity index is 2.28. The van der Waals surface area contributed by atoms with Crippen LogP contribution in [0.15, 0.2) is 30.3 Å². The molecule has 0 aliphatic rings. The van der Waals surface area contributed by atoms with Crippen molar-refractivity contribution in [2.24, 2.45) is 5.92 Å². The molecule has 1 aromatic heterocycles. The summed E-state index contributed by atoms with van der Waals surface area (Å²) in [5.74, 6) is 0.276. The largest absolute Gasteiger partial charge is 0.418 e. The van der Waals surface area contributed by atoms with Gasteiger partial charge in [0.1, 0.15) is 17.3 Å². The first-order valence-corrected chi connectivity index (χ1v) is 7.74. The Morgan fingerprint density at radius 3 is 2.52 bits per heavy atom. The summed E-state index contributed by atoms with van der Waals surface area (Å²) in [6, 6.07) is 6.41. The molecule has 0 saturated carbocycles. The van der Waals surface area contributed by atoms with E-state index in [0.29, 0.717) is 6.54 Å². The van der Waals surface area contributed by atoms with Crippen molar-refractivity contribution in [2.75, 3.05) is 11.9 Å². The predicted octanol–water partition coefficient (Wildman–Crippen LogP) is 3.93. The van der Waals surface area contributed by atoms with Gasteiger partial charge in [-0.15, -0.1) is 0 Å². The van der Waals surface area contributed by atoms with E-state index in [1.807, 2.05) is 13.8 Å². The highest BCUT2D eigenvalue weighted by molar-refractivity contribution is 5.93. The first kappa shape index (κ1) is 18.7. The van der Waals surface area contributed by atoms with Crippen LogP contribution < -0.4 is 10.6 Å². The molecule has 0 radical (unpaired) electrons. The van der Waals surface area contributed by atoms with Crippen LogP contribution in [0.1, 0.15) is 35.7 Å². The van der Waals surface area contributed by atoms with Crippen molar-refractivity contribution in [3.8, 4) is 0 Å². The van der Waals surface area contributed by atoms with Gasteiger partial charge in [0.25, 0.3) is 5.91 Å². The molecule has 8 heteroatoms. The first-order chi connectivity index (χ1) is 11.7. The number of amides is 1. The minimum atomic E-state index is -4.50. The molecule has 0 aliphatic heterocycles. The molecule has 0 unspecified atom stereocenters. The molecule has 1 amide bonds. The maximum atomic E-state index is 13.1. The molecular weight excluding hydrogens is 333 g/mol. The van der Waals surface area contributed by atoms with Gasteiger partial charge in [0.15, 0.2) is 0 Å². The van der Waals surface area contributed by atoms with Crippen LogP contribution in [0.3, 0.4) is 0 Å². The summed E-state index contributed by atoms with van der Waals surface area (Å²) in [4.78, 5) is 20.2. The fourth-order valence-corrected chi connectivity index (χ4v) is 2.11. The second-order valence-corrected chi connectivity index (χ2v) is 5.96. The maximum absolute atomic E-state index is 13.1. The molecule has 2 rings (SSSR count). The summed E-state index contributed by atoms with van der Waals surface area (Å²) in [7, 11) is 0. The highest BCUT2D eigenvalue weighted by atomic mass is 19.4. The van der Waals surface area contributed by atoms with Gasteiger partial charge in [0.2, 0.25) is 0 Å². The van der Waals surface area contributed by atoms with Crippen molar-refractivity contribution in [3.05, 3.63) is 47.4 Å². The lowest BCUT2D eigenvalue weighted by atomic mass is 10.1. The van der Waals surface area contributed by atoms with E-state index in [-0.39, 0.29) is 28.9 Å². The lowest BCUT2D eigenvalue weighted by Crippen LogP contribution is -2.28. The van der Waals surface area contributed by atoms with E-state index in [2.05, 4.69) is 20.6 Å². The van der Waals surface area contributed by atoms with E-state index >= 15 is 0 Å². The van der Waals surface area contributed by atoms with E-state index in [4.69, 9.17) is 0 Å². The number of hydrogen-bond donors (Lipinski definition) is 2. The number of aryl methyl sites for hydroxylation is 1. The van der Waals surface area contributed by atoms with Gasteiger partial charge in [-0.25, -0.2) is 9.97 Å². The molecule has 1 heterocycles. The maximum Gasteiger partial charge on any atom is 0.418 e. The molecule has 0 aliphatic carbocycles. The van der Waals surface area contributed by atoms with Gasteiger partial charge >= 0.3 is 6.18 Å². The Morgan fingerprint density at radius 2 is 1.88 bits per heavy atom. The highest BCUT2D eigenvalue weighted by Gasteiger charge is 2.33. The number of nitrogens with one attached hydrogen (secondary N) is 2. The molecule has 5 nitrogen and oxygen atoms in total. The second kappa shape index (κ2) is 7.50. The van der Waals surface area contributed by atoms with E-state index in [0.717, 1.165) is 6.07 Å². The van der Waals surface area contributed by atoms with Crippen molar-refractivity contribution < 1.29 is 18.0 Å². The number of nitrogens with zero attached hydrogens (tertiary/aromatic N) is 2. The summed E-state index contributed by atoms with van der Waals surface area (Å²) in [6.07, 6.45) is -4.50. The summed E-state index contributed by atoms with van der Waals surface area (Å²) < 4.78 is 39.2. The van der Waals surface area contributed by atoms with Crippen molar-refractivity contribution in [1.29, 1.82) is 0 Å². The molecule has 0 fully saturated rings. The van der Waals surface area contributed by atoms with Crippen LogP contribution in [0.25, 0.3) is 0 Å². The number of alkyl halides is 3. The number of anilines is 2. The average molecular weight is 352 g/mol. The Labute approximate surface area is 143 Å². The van der Waals surface area contributed by atoms with Gasteiger partial charge < -0.3 is 10.6 Å². The molecule has 0 saturated heterocycles. The number of halogens is 3. The molecular formula is C17H19F3N4O. The zero-order chi connectivity index (χ0) is 18.6. The van der Waals surface area contributed by atoms with Crippen LogP contribution in [0.5, 0.6) is 0 Å². The van der Waals surface area contributed by atoms with Crippen molar-refractivity contribution >= 4 is 17.4 Å². The normalized spacial score (nSPS) is 11.5. The number of carbonyl (C=O) groups excluding carboxylic acids is 1. The topological polar surface area (TPSA) is 66.9 Å². The van der Waals surface area contributed by atoms with E-state index in [1.54, 1.807) is 6.92 Å². The minimum absolute atomic E-state index is 0.0974. The summed E-state index contributed by atoms with van der Waals surface area (Å²) in [5.41, 5.74) is -0.848. The van der Waals surface area contributed by atoms with Gasteiger partial charge in [-0.05, 0) is 25.0 Å². The van der Waals surface area contributed by atoms with Gasteiger partial charge in [-0.1, -0.05) is 26.0 Å². The third-order valence-electron chi connectivity index (χ3n) is 3.24. The van der Waals surface area contributed by atoms with Crippen LogP contribution in [0.2, 0.25) is 0 Å². The van der Waals surface area contributed by atoms with Crippen LogP contribution in [-0.2, 0) is 6.18 Å². The molecule has 2 aromatic rings. The quantitative estimate of drug-likeness (QED) is 0.856. The van der Waals surface area contributed by atoms with E-state index < -0.39 is 17.6 Å². The zero-order valence-electron chi connectivity index (χ0n) is 14.1. The summed E-state index contributed by atoms with van der Waals surface area (Å²) in [5, 5.41) is 5.34. The van der Waals surface area contributed by atoms with Crippen LogP contribution in [0.4, 0.5) is 24.7 Å². The van der Waals surface area contributed by atoms with Crippen LogP contribution in [0, 0.1) is 12.8 Å². The number of carbonyl (C=O) groups is 1. The van der Waals surface area contributed by atoms with E-state index in [1.165, 1.54) is 24.3 Å². The van der Waals surface area contributed by atoms with Crippen LogP contribution >= 0.6 is 0 Å².